The quantitative estimate of drug-likeness (QED) is 0.366. The van der Waals surface area contributed by atoms with Crippen LogP contribution >= 0.6 is 0 Å². The van der Waals surface area contributed by atoms with Crippen molar-refractivity contribution in [2.75, 3.05) is 46.8 Å². The summed E-state index contributed by atoms with van der Waals surface area (Å²) in [5, 5.41) is 11.6. The topological polar surface area (TPSA) is 68.1 Å². The highest BCUT2D eigenvalue weighted by Gasteiger charge is 2.45. The van der Waals surface area contributed by atoms with Crippen molar-refractivity contribution >= 4 is 0 Å². The lowest BCUT2D eigenvalue weighted by Gasteiger charge is -2.35. The molecular formula is C15H31N3O4. The number of likely N-dealkylation sites (N-methyl/N-ethyl adjacent to an activating group) is 1. The second-order valence-corrected chi connectivity index (χ2v) is 7.65. The maximum Gasteiger partial charge on any atom is 0.244 e. The molecule has 0 radical (unpaired) electrons. The Bertz CT molecular complexity index is 376. The van der Waals surface area contributed by atoms with Gasteiger partial charge in [-0.25, -0.2) is 0 Å². The largest absolute Gasteiger partial charge is 0.366 e. The second-order valence-electron chi connectivity index (χ2n) is 7.65. The minimum absolute atomic E-state index is 0.163. The van der Waals surface area contributed by atoms with Crippen LogP contribution in [0.1, 0.15) is 34.6 Å². The van der Waals surface area contributed by atoms with Crippen molar-refractivity contribution in [3.05, 3.63) is 10.1 Å². The first kappa shape index (κ1) is 19.3. The van der Waals surface area contributed by atoms with Gasteiger partial charge >= 0.3 is 0 Å². The molecule has 1 fully saturated rings. The summed E-state index contributed by atoms with van der Waals surface area (Å²) in [5.74, 6) is 0.456. The molecule has 1 saturated heterocycles. The van der Waals surface area contributed by atoms with E-state index in [9.17, 15) is 10.1 Å². The van der Waals surface area contributed by atoms with Gasteiger partial charge in [-0.3, -0.25) is 19.9 Å². The lowest BCUT2D eigenvalue weighted by molar-refractivity contribution is -0.567. The van der Waals surface area contributed by atoms with Gasteiger partial charge in [0.2, 0.25) is 5.54 Å². The summed E-state index contributed by atoms with van der Waals surface area (Å²) in [6.07, 6.45) is 0. The highest BCUT2D eigenvalue weighted by atomic mass is 16.6. The van der Waals surface area contributed by atoms with Crippen LogP contribution in [-0.2, 0) is 9.47 Å². The fourth-order valence-corrected chi connectivity index (χ4v) is 2.58. The van der Waals surface area contributed by atoms with Crippen LogP contribution in [0.5, 0.6) is 0 Å². The third-order valence-corrected chi connectivity index (χ3v) is 3.90. The number of nitro groups is 1. The fourth-order valence-electron chi connectivity index (χ4n) is 2.58. The number of rotatable bonds is 9. The zero-order valence-corrected chi connectivity index (χ0v) is 14.8. The molecule has 1 aliphatic heterocycles. The van der Waals surface area contributed by atoms with Crippen LogP contribution in [0.25, 0.3) is 0 Å². The van der Waals surface area contributed by atoms with Crippen LogP contribution in [0.2, 0.25) is 0 Å². The highest BCUT2D eigenvalue weighted by Crippen LogP contribution is 2.25. The number of hydrogen-bond donors (Lipinski definition) is 0. The molecule has 0 aromatic rings. The summed E-state index contributed by atoms with van der Waals surface area (Å²) in [7, 11) is 1.85. The minimum Gasteiger partial charge on any atom is -0.366 e. The van der Waals surface area contributed by atoms with Gasteiger partial charge in [0, 0.05) is 17.4 Å². The maximum atomic E-state index is 11.6. The Hall–Kier alpha value is -0.760. The zero-order valence-electron chi connectivity index (χ0n) is 14.8. The normalized spacial score (nSPS) is 21.5. The van der Waals surface area contributed by atoms with Gasteiger partial charge < -0.3 is 9.47 Å². The van der Waals surface area contributed by atoms with Crippen molar-refractivity contribution < 1.29 is 14.4 Å². The fraction of sp³-hybridized carbons (Fsp3) is 1.00. The van der Waals surface area contributed by atoms with Crippen molar-refractivity contribution in [3.8, 4) is 0 Å². The molecule has 7 nitrogen and oxygen atoms in total. The van der Waals surface area contributed by atoms with Crippen molar-refractivity contribution in [2.45, 2.75) is 45.7 Å². The highest BCUT2D eigenvalue weighted by molar-refractivity contribution is 4.90. The van der Waals surface area contributed by atoms with E-state index in [2.05, 4.69) is 27.7 Å². The average molecular weight is 317 g/mol. The molecule has 0 saturated carbocycles. The lowest BCUT2D eigenvalue weighted by Crippen LogP contribution is -2.56. The predicted molar refractivity (Wildman–Crippen MR) is 85.3 cm³/mol. The third kappa shape index (κ3) is 5.46. The summed E-state index contributed by atoms with van der Waals surface area (Å²) in [4.78, 5) is 15.3. The first-order valence-electron chi connectivity index (χ1n) is 7.80. The molecule has 0 aliphatic carbocycles. The minimum atomic E-state index is -1.05. The van der Waals surface area contributed by atoms with Crippen LogP contribution in [0.3, 0.4) is 0 Å². The van der Waals surface area contributed by atoms with E-state index < -0.39 is 5.54 Å². The average Bonchev–Trinajstić information content (AvgIpc) is 2.67. The molecular weight excluding hydrogens is 286 g/mol. The third-order valence-electron chi connectivity index (χ3n) is 3.90. The van der Waals surface area contributed by atoms with E-state index in [-0.39, 0.29) is 10.5 Å². The second kappa shape index (κ2) is 7.68. The molecule has 0 spiro atoms. The van der Waals surface area contributed by atoms with Crippen molar-refractivity contribution in [2.24, 2.45) is 5.92 Å². The molecule has 1 rings (SSSR count). The smallest absolute Gasteiger partial charge is 0.244 e. The van der Waals surface area contributed by atoms with Gasteiger partial charge in [0.15, 0.2) is 0 Å². The summed E-state index contributed by atoms with van der Waals surface area (Å²) >= 11 is 0. The van der Waals surface area contributed by atoms with Crippen LogP contribution < -0.4 is 0 Å². The van der Waals surface area contributed by atoms with Crippen LogP contribution in [0, 0.1) is 16.0 Å². The van der Waals surface area contributed by atoms with Gasteiger partial charge in [0.05, 0.1) is 39.8 Å². The number of nitrogens with zero attached hydrogens (tertiary/aromatic N) is 3. The SMILES string of the molecule is CC(C)COCN(C)CC(C)(CN1COCC1(C)C)[N+](=O)[O-]. The molecule has 0 N–H and O–H groups in total. The molecule has 22 heavy (non-hydrogen) atoms. The molecule has 7 heteroatoms. The Labute approximate surface area is 133 Å². The molecule has 0 aromatic heterocycles. The molecule has 0 bridgehead atoms. The van der Waals surface area contributed by atoms with E-state index in [1.165, 1.54) is 0 Å². The molecule has 1 heterocycles. The van der Waals surface area contributed by atoms with Gasteiger partial charge in [-0.2, -0.15) is 0 Å². The first-order valence-corrected chi connectivity index (χ1v) is 7.80. The molecule has 0 aromatic carbocycles. The number of hydrogen-bond acceptors (Lipinski definition) is 6. The predicted octanol–water partition coefficient (Wildman–Crippen LogP) is 1.65. The van der Waals surface area contributed by atoms with Crippen molar-refractivity contribution in [3.63, 3.8) is 0 Å². The van der Waals surface area contributed by atoms with Crippen molar-refractivity contribution in [1.82, 2.24) is 9.80 Å². The summed E-state index contributed by atoms with van der Waals surface area (Å²) in [6, 6.07) is 0. The van der Waals surface area contributed by atoms with Crippen LogP contribution in [0.15, 0.2) is 0 Å². The summed E-state index contributed by atoms with van der Waals surface area (Å²) < 4.78 is 11.0. The van der Waals surface area contributed by atoms with Crippen molar-refractivity contribution in [1.29, 1.82) is 0 Å². The Balaban J connectivity index is 2.61. The standard InChI is InChI=1S/C15H31N3O4/c1-13(2)7-21-11-16(6)8-15(5,18(19)20)9-17-12-22-10-14(17,3)4/h13H,7-12H2,1-6H3. The molecule has 130 valence electrons. The van der Waals surface area contributed by atoms with Gasteiger partial charge in [-0.1, -0.05) is 13.8 Å². The maximum absolute atomic E-state index is 11.6. The van der Waals surface area contributed by atoms with Gasteiger partial charge in [0.25, 0.3) is 0 Å². The Morgan fingerprint density at radius 2 is 2.14 bits per heavy atom. The van der Waals surface area contributed by atoms with E-state index in [0.717, 1.165) is 0 Å². The van der Waals surface area contributed by atoms with E-state index in [1.54, 1.807) is 6.92 Å². The molecule has 1 unspecified atom stereocenters. The van der Waals surface area contributed by atoms with E-state index in [4.69, 9.17) is 9.47 Å². The monoisotopic (exact) mass is 317 g/mol. The molecule has 1 aliphatic rings. The van der Waals surface area contributed by atoms with Crippen LogP contribution in [0.4, 0.5) is 0 Å². The van der Waals surface area contributed by atoms with E-state index >= 15 is 0 Å². The molecule has 0 amide bonds. The van der Waals surface area contributed by atoms with E-state index in [0.29, 0.717) is 45.7 Å². The Morgan fingerprint density at radius 3 is 2.59 bits per heavy atom. The first-order chi connectivity index (χ1) is 10.1. The van der Waals surface area contributed by atoms with Gasteiger partial charge in [-0.05, 0) is 26.8 Å². The van der Waals surface area contributed by atoms with Gasteiger partial charge in [0.1, 0.15) is 0 Å². The molecule has 1 atom stereocenters. The van der Waals surface area contributed by atoms with Crippen LogP contribution in [-0.4, -0.2) is 72.6 Å². The summed E-state index contributed by atoms with van der Waals surface area (Å²) in [6.45, 7) is 12.8. The Kier molecular flexibility index (Phi) is 6.73. The Morgan fingerprint density at radius 1 is 1.50 bits per heavy atom. The number of ether oxygens (including phenoxy) is 2. The lowest BCUT2D eigenvalue weighted by atomic mass is 9.98. The summed E-state index contributed by atoms with van der Waals surface area (Å²) in [5.41, 5.74) is -1.22. The van der Waals surface area contributed by atoms with E-state index in [1.807, 2.05) is 16.8 Å². The zero-order chi connectivity index (χ0) is 17.0. The van der Waals surface area contributed by atoms with Gasteiger partial charge in [-0.15, -0.1) is 0 Å².